The molecule has 0 fully saturated rings. The Morgan fingerprint density at radius 3 is 2.56 bits per heavy atom. The van der Waals surface area contributed by atoms with Gasteiger partial charge in [0, 0.05) is 29.8 Å². The fourth-order valence-electron chi connectivity index (χ4n) is 2.62. The van der Waals surface area contributed by atoms with Crippen molar-refractivity contribution in [3.8, 4) is 11.4 Å². The standard InChI is InChI=1S/C16H16F3N5O/c1-8(2)24-15(9-3-4-11(25)5-9)22-14(23-24)10-6-12(16(17,18)19)13(20)21-7-10/h5-8H,3-4H2,1-2H3,(H2,20,21). The Bertz CT molecular complexity index is 867. The largest absolute Gasteiger partial charge is 0.419 e. The third-order valence-corrected chi connectivity index (χ3v) is 3.87. The molecular weight excluding hydrogens is 335 g/mol. The van der Waals surface area contributed by atoms with E-state index in [1.54, 1.807) is 4.68 Å². The van der Waals surface area contributed by atoms with Crippen LogP contribution in [0.4, 0.5) is 19.0 Å². The number of rotatable bonds is 3. The molecule has 0 aliphatic heterocycles. The highest BCUT2D eigenvalue weighted by molar-refractivity contribution is 6.01. The Labute approximate surface area is 141 Å². The van der Waals surface area contributed by atoms with Gasteiger partial charge in [-0.3, -0.25) is 4.79 Å². The first-order valence-corrected chi connectivity index (χ1v) is 7.70. The molecule has 2 aromatic rings. The third-order valence-electron chi connectivity index (χ3n) is 3.87. The number of allylic oxidation sites excluding steroid dienone is 2. The van der Waals surface area contributed by atoms with Crippen LogP contribution >= 0.6 is 0 Å². The van der Waals surface area contributed by atoms with Crippen molar-refractivity contribution in [3.63, 3.8) is 0 Å². The first-order chi connectivity index (χ1) is 11.7. The molecule has 0 unspecified atom stereocenters. The summed E-state index contributed by atoms with van der Waals surface area (Å²) in [5, 5.41) is 4.31. The van der Waals surface area contributed by atoms with E-state index in [-0.39, 0.29) is 23.2 Å². The summed E-state index contributed by atoms with van der Waals surface area (Å²) in [7, 11) is 0. The maximum atomic E-state index is 13.0. The number of nitrogens with zero attached hydrogens (tertiary/aromatic N) is 4. The first-order valence-electron chi connectivity index (χ1n) is 7.70. The molecule has 132 valence electrons. The Kier molecular flexibility index (Phi) is 4.09. The lowest BCUT2D eigenvalue weighted by atomic mass is 10.1. The summed E-state index contributed by atoms with van der Waals surface area (Å²) >= 11 is 0. The Hall–Kier alpha value is -2.71. The van der Waals surface area contributed by atoms with Gasteiger partial charge in [0.15, 0.2) is 17.4 Å². The zero-order chi connectivity index (χ0) is 18.4. The highest BCUT2D eigenvalue weighted by Crippen LogP contribution is 2.35. The van der Waals surface area contributed by atoms with E-state index >= 15 is 0 Å². The third kappa shape index (κ3) is 3.26. The van der Waals surface area contributed by atoms with Gasteiger partial charge in [-0.1, -0.05) is 0 Å². The van der Waals surface area contributed by atoms with Crippen molar-refractivity contribution in [2.24, 2.45) is 0 Å². The first kappa shape index (κ1) is 17.1. The van der Waals surface area contributed by atoms with Gasteiger partial charge in [-0.2, -0.15) is 18.3 Å². The predicted molar refractivity (Wildman–Crippen MR) is 85.3 cm³/mol. The molecule has 25 heavy (non-hydrogen) atoms. The zero-order valence-corrected chi connectivity index (χ0v) is 13.6. The fourth-order valence-corrected chi connectivity index (χ4v) is 2.62. The van der Waals surface area contributed by atoms with Gasteiger partial charge in [-0.05, 0) is 32.4 Å². The lowest BCUT2D eigenvalue weighted by Crippen LogP contribution is -2.10. The molecule has 0 bridgehead atoms. The summed E-state index contributed by atoms with van der Waals surface area (Å²) in [5.74, 6) is 0.00964. The number of anilines is 1. The molecule has 6 nitrogen and oxygen atoms in total. The minimum absolute atomic E-state index is 0.00312. The van der Waals surface area contributed by atoms with Crippen LogP contribution in [0, 0.1) is 0 Å². The minimum atomic E-state index is -4.61. The zero-order valence-electron chi connectivity index (χ0n) is 13.6. The van der Waals surface area contributed by atoms with Crippen LogP contribution in [0.2, 0.25) is 0 Å². The molecule has 1 aliphatic carbocycles. The molecule has 0 radical (unpaired) electrons. The van der Waals surface area contributed by atoms with Gasteiger partial charge < -0.3 is 5.73 Å². The number of hydrogen-bond acceptors (Lipinski definition) is 5. The minimum Gasteiger partial charge on any atom is -0.383 e. The second-order valence-corrected chi connectivity index (χ2v) is 6.09. The highest BCUT2D eigenvalue weighted by Gasteiger charge is 2.34. The Morgan fingerprint density at radius 1 is 1.28 bits per heavy atom. The van der Waals surface area contributed by atoms with Crippen LogP contribution in [0.25, 0.3) is 17.0 Å². The number of hydrogen-bond donors (Lipinski definition) is 1. The van der Waals surface area contributed by atoms with E-state index < -0.39 is 17.6 Å². The maximum Gasteiger partial charge on any atom is 0.419 e. The number of ketones is 1. The monoisotopic (exact) mass is 351 g/mol. The van der Waals surface area contributed by atoms with Crippen molar-refractivity contribution >= 4 is 17.2 Å². The summed E-state index contributed by atoms with van der Waals surface area (Å²) in [4.78, 5) is 19.5. The molecule has 2 N–H and O–H groups in total. The number of halogens is 3. The van der Waals surface area contributed by atoms with Gasteiger partial charge in [0.1, 0.15) is 5.82 Å². The number of nitrogens with two attached hydrogens (primary N) is 1. The molecule has 0 spiro atoms. The molecule has 0 saturated carbocycles. The van der Waals surface area contributed by atoms with E-state index in [0.717, 1.165) is 11.6 Å². The van der Waals surface area contributed by atoms with Gasteiger partial charge >= 0.3 is 6.18 Å². The smallest absolute Gasteiger partial charge is 0.383 e. The molecule has 2 aromatic heterocycles. The molecule has 1 aliphatic rings. The van der Waals surface area contributed by atoms with Crippen molar-refractivity contribution in [2.45, 2.75) is 38.9 Å². The maximum absolute atomic E-state index is 13.0. The van der Waals surface area contributed by atoms with E-state index in [9.17, 15) is 18.0 Å². The second kappa shape index (κ2) is 5.98. The molecule has 2 heterocycles. The Balaban J connectivity index is 2.10. The lowest BCUT2D eigenvalue weighted by molar-refractivity contribution is -0.137. The topological polar surface area (TPSA) is 86.7 Å². The molecular formula is C16H16F3N5O. The lowest BCUT2D eigenvalue weighted by Gasteiger charge is -2.09. The van der Waals surface area contributed by atoms with Crippen LogP contribution in [0.15, 0.2) is 18.3 Å². The van der Waals surface area contributed by atoms with Crippen molar-refractivity contribution < 1.29 is 18.0 Å². The molecule has 0 amide bonds. The van der Waals surface area contributed by atoms with Crippen LogP contribution in [0.3, 0.4) is 0 Å². The van der Waals surface area contributed by atoms with Crippen LogP contribution < -0.4 is 5.73 Å². The van der Waals surface area contributed by atoms with Crippen molar-refractivity contribution in [1.29, 1.82) is 0 Å². The molecule has 0 aromatic carbocycles. The SMILES string of the molecule is CC(C)n1nc(-c2cnc(N)c(C(F)(F)F)c2)nc1C1=CC(=O)CC1. The molecule has 9 heteroatoms. The summed E-state index contributed by atoms with van der Waals surface area (Å²) < 4.78 is 40.7. The van der Waals surface area contributed by atoms with Gasteiger partial charge in [0.05, 0.1) is 5.56 Å². The number of pyridine rings is 1. The van der Waals surface area contributed by atoms with Gasteiger partial charge in [0.2, 0.25) is 0 Å². The normalized spacial score (nSPS) is 15.1. The van der Waals surface area contributed by atoms with E-state index in [1.807, 2.05) is 13.8 Å². The quantitative estimate of drug-likeness (QED) is 0.917. The molecule has 0 saturated heterocycles. The highest BCUT2D eigenvalue weighted by atomic mass is 19.4. The van der Waals surface area contributed by atoms with Crippen LogP contribution in [-0.4, -0.2) is 25.5 Å². The number of alkyl halides is 3. The summed E-state index contributed by atoms with van der Waals surface area (Å²) in [5.41, 5.74) is 5.15. The second-order valence-electron chi connectivity index (χ2n) is 6.09. The summed E-state index contributed by atoms with van der Waals surface area (Å²) in [6.45, 7) is 3.75. The average molecular weight is 351 g/mol. The summed E-state index contributed by atoms with van der Waals surface area (Å²) in [6, 6.07) is 0.817. The number of carbonyl (C=O) groups excluding carboxylic acids is 1. The summed E-state index contributed by atoms with van der Waals surface area (Å²) in [6.07, 6.45) is -0.955. The fraction of sp³-hybridized carbons (Fsp3) is 0.375. The van der Waals surface area contributed by atoms with E-state index in [0.29, 0.717) is 18.7 Å². The number of carbonyl (C=O) groups is 1. The van der Waals surface area contributed by atoms with E-state index in [1.165, 1.54) is 12.3 Å². The van der Waals surface area contributed by atoms with Gasteiger partial charge in [-0.15, -0.1) is 0 Å². The number of aromatic nitrogens is 4. The number of nitrogen functional groups attached to an aromatic ring is 1. The van der Waals surface area contributed by atoms with E-state index in [4.69, 9.17) is 5.73 Å². The van der Waals surface area contributed by atoms with E-state index in [2.05, 4.69) is 15.1 Å². The molecule has 3 rings (SSSR count). The van der Waals surface area contributed by atoms with Gasteiger partial charge in [-0.25, -0.2) is 14.6 Å². The van der Waals surface area contributed by atoms with Crippen LogP contribution in [0.1, 0.15) is 44.1 Å². The van der Waals surface area contributed by atoms with Crippen molar-refractivity contribution in [1.82, 2.24) is 19.7 Å². The van der Waals surface area contributed by atoms with Crippen LogP contribution in [0.5, 0.6) is 0 Å². The predicted octanol–water partition coefficient (Wildman–Crippen LogP) is 3.27. The Morgan fingerprint density at radius 2 is 2.00 bits per heavy atom. The van der Waals surface area contributed by atoms with Crippen molar-refractivity contribution in [3.05, 3.63) is 29.7 Å². The van der Waals surface area contributed by atoms with Crippen molar-refractivity contribution in [2.75, 3.05) is 5.73 Å². The average Bonchev–Trinajstić information content (AvgIpc) is 3.12. The van der Waals surface area contributed by atoms with Crippen LogP contribution in [-0.2, 0) is 11.0 Å². The van der Waals surface area contributed by atoms with Gasteiger partial charge in [0.25, 0.3) is 0 Å². The molecule has 0 atom stereocenters.